The molecule has 0 unspecified atom stereocenters. The van der Waals surface area contributed by atoms with Crippen LogP contribution in [0, 0.1) is 0 Å². The second-order valence-electron chi connectivity index (χ2n) is 4.42. The van der Waals surface area contributed by atoms with Crippen molar-refractivity contribution >= 4 is 33.0 Å². The van der Waals surface area contributed by atoms with Gasteiger partial charge in [-0.1, -0.05) is 41.9 Å². The first-order valence-corrected chi connectivity index (χ1v) is 7.55. The molecule has 0 fully saturated rings. The summed E-state index contributed by atoms with van der Waals surface area (Å²) in [6, 6.07) is 15.8. The van der Waals surface area contributed by atoms with Crippen LogP contribution in [-0.4, -0.2) is 0 Å². The van der Waals surface area contributed by atoms with E-state index in [0.717, 1.165) is 5.56 Å². The molecule has 3 aromatic rings. The van der Waals surface area contributed by atoms with Crippen LogP contribution < -0.4 is 10.5 Å². The van der Waals surface area contributed by atoms with Gasteiger partial charge in [-0.2, -0.15) is 0 Å². The Kier molecular flexibility index (Phi) is 3.92. The third-order valence-electron chi connectivity index (χ3n) is 3.18. The highest BCUT2D eigenvalue weighted by Crippen LogP contribution is 2.32. The molecule has 20 heavy (non-hydrogen) atoms. The number of nitrogens with two attached hydrogens (primary N) is 1. The van der Waals surface area contributed by atoms with Gasteiger partial charge >= 0.3 is 0 Å². The zero-order valence-corrected chi connectivity index (χ0v) is 12.4. The lowest BCUT2D eigenvalue weighted by molar-refractivity contribution is 0.307. The first kappa shape index (κ1) is 13.4. The fourth-order valence-electron chi connectivity index (χ4n) is 2.18. The van der Waals surface area contributed by atoms with E-state index in [1.54, 1.807) is 11.3 Å². The molecule has 1 aromatic heterocycles. The van der Waals surface area contributed by atoms with E-state index in [9.17, 15) is 0 Å². The van der Waals surface area contributed by atoms with Gasteiger partial charge in [0.15, 0.2) is 0 Å². The molecule has 2 nitrogen and oxygen atoms in total. The quantitative estimate of drug-likeness (QED) is 0.765. The maximum absolute atomic E-state index is 6.11. The van der Waals surface area contributed by atoms with Gasteiger partial charge in [-0.3, -0.25) is 0 Å². The van der Waals surface area contributed by atoms with Gasteiger partial charge in [0.25, 0.3) is 0 Å². The van der Waals surface area contributed by atoms with E-state index in [4.69, 9.17) is 22.1 Å². The predicted octanol–water partition coefficient (Wildman–Crippen LogP) is 4.59. The van der Waals surface area contributed by atoms with Gasteiger partial charge in [-0.25, -0.2) is 0 Å². The summed E-state index contributed by atoms with van der Waals surface area (Å²) < 4.78 is 7.09. The zero-order chi connectivity index (χ0) is 13.9. The molecule has 0 saturated heterocycles. The predicted molar refractivity (Wildman–Crippen MR) is 85.5 cm³/mol. The largest absolute Gasteiger partial charge is 0.487 e. The van der Waals surface area contributed by atoms with Gasteiger partial charge in [-0.05, 0) is 23.6 Å². The Morgan fingerprint density at radius 3 is 2.60 bits per heavy atom. The number of rotatable bonds is 4. The summed E-state index contributed by atoms with van der Waals surface area (Å²) in [5.74, 6) is 0.701. The fourth-order valence-corrected chi connectivity index (χ4v) is 3.46. The molecule has 2 N–H and O–H groups in total. The first-order valence-electron chi connectivity index (χ1n) is 6.36. The summed E-state index contributed by atoms with van der Waals surface area (Å²) in [7, 11) is 0. The highest BCUT2D eigenvalue weighted by molar-refractivity contribution is 7.19. The van der Waals surface area contributed by atoms with Crippen LogP contribution in [0.4, 0.5) is 0 Å². The summed E-state index contributed by atoms with van der Waals surface area (Å²) in [5, 5.41) is 1.84. The average Bonchev–Trinajstić information content (AvgIpc) is 2.84. The molecule has 0 atom stereocenters. The van der Waals surface area contributed by atoms with Crippen LogP contribution in [0.1, 0.15) is 10.4 Å². The normalized spacial score (nSPS) is 10.9. The smallest absolute Gasteiger partial charge is 0.138 e. The maximum atomic E-state index is 6.11. The molecule has 102 valence electrons. The lowest BCUT2D eigenvalue weighted by Gasteiger charge is -2.08. The highest BCUT2D eigenvalue weighted by atomic mass is 35.5. The van der Waals surface area contributed by atoms with Crippen LogP contribution in [0.2, 0.25) is 5.02 Å². The van der Waals surface area contributed by atoms with Gasteiger partial charge in [0.05, 0.1) is 5.02 Å². The van der Waals surface area contributed by atoms with Crippen LogP contribution in [0.15, 0.2) is 48.5 Å². The second-order valence-corrected chi connectivity index (χ2v) is 5.97. The number of hydrogen-bond acceptors (Lipinski definition) is 3. The minimum Gasteiger partial charge on any atom is -0.487 e. The number of benzene rings is 2. The van der Waals surface area contributed by atoms with Crippen molar-refractivity contribution in [2.45, 2.75) is 13.2 Å². The SMILES string of the molecule is NCc1sc2ccccc2c1COc1ccccc1Cl. The van der Waals surface area contributed by atoms with Crippen LogP contribution >= 0.6 is 22.9 Å². The number of para-hydroxylation sites is 1. The van der Waals surface area contributed by atoms with Crippen molar-refractivity contribution in [3.8, 4) is 5.75 Å². The zero-order valence-electron chi connectivity index (χ0n) is 10.8. The van der Waals surface area contributed by atoms with Gasteiger partial charge in [0, 0.05) is 21.7 Å². The van der Waals surface area contributed by atoms with Crippen molar-refractivity contribution < 1.29 is 4.74 Å². The lowest BCUT2D eigenvalue weighted by atomic mass is 10.1. The van der Waals surface area contributed by atoms with Crippen molar-refractivity contribution in [2.75, 3.05) is 0 Å². The van der Waals surface area contributed by atoms with Gasteiger partial charge in [0.2, 0.25) is 0 Å². The van der Waals surface area contributed by atoms with Crippen molar-refractivity contribution in [3.05, 3.63) is 64.0 Å². The Hall–Kier alpha value is -1.55. The van der Waals surface area contributed by atoms with Crippen LogP contribution in [0.25, 0.3) is 10.1 Å². The molecule has 0 aliphatic heterocycles. The molecule has 0 radical (unpaired) electrons. The van der Waals surface area contributed by atoms with E-state index >= 15 is 0 Å². The lowest BCUT2D eigenvalue weighted by Crippen LogP contribution is -2.01. The molecular formula is C16H14ClNOS. The Morgan fingerprint density at radius 2 is 1.80 bits per heavy atom. The minimum absolute atomic E-state index is 0.486. The van der Waals surface area contributed by atoms with Gasteiger partial charge in [-0.15, -0.1) is 11.3 Å². The molecule has 0 amide bonds. The van der Waals surface area contributed by atoms with E-state index in [-0.39, 0.29) is 0 Å². The summed E-state index contributed by atoms with van der Waals surface area (Å²) in [6.45, 7) is 1.01. The molecule has 0 aliphatic carbocycles. The summed E-state index contributed by atoms with van der Waals surface area (Å²) >= 11 is 7.83. The van der Waals surface area contributed by atoms with E-state index in [1.165, 1.54) is 15.0 Å². The Bertz CT molecular complexity index is 738. The molecular weight excluding hydrogens is 290 g/mol. The number of halogens is 1. The summed E-state index contributed by atoms with van der Waals surface area (Å²) in [6.07, 6.45) is 0. The van der Waals surface area contributed by atoms with Crippen molar-refractivity contribution in [1.82, 2.24) is 0 Å². The Labute approximate surface area is 126 Å². The third-order valence-corrected chi connectivity index (χ3v) is 4.72. The Morgan fingerprint density at radius 1 is 1.05 bits per heavy atom. The van der Waals surface area contributed by atoms with E-state index in [0.29, 0.717) is 23.9 Å². The number of fused-ring (bicyclic) bond motifs is 1. The number of thiophene rings is 1. The summed E-state index contributed by atoms with van der Waals surface area (Å²) in [5.41, 5.74) is 7.00. The second kappa shape index (κ2) is 5.83. The molecule has 4 heteroatoms. The molecule has 0 bridgehead atoms. The minimum atomic E-state index is 0.486. The Balaban J connectivity index is 1.92. The van der Waals surface area contributed by atoms with Crippen molar-refractivity contribution in [2.24, 2.45) is 5.73 Å². The van der Waals surface area contributed by atoms with E-state index < -0.39 is 0 Å². The molecule has 2 aromatic carbocycles. The van der Waals surface area contributed by atoms with Gasteiger partial charge < -0.3 is 10.5 Å². The van der Waals surface area contributed by atoms with Gasteiger partial charge in [0.1, 0.15) is 12.4 Å². The number of hydrogen-bond donors (Lipinski definition) is 1. The van der Waals surface area contributed by atoms with Crippen LogP contribution in [-0.2, 0) is 13.2 Å². The average molecular weight is 304 g/mol. The van der Waals surface area contributed by atoms with Crippen LogP contribution in [0.3, 0.4) is 0 Å². The molecule has 0 aliphatic rings. The molecule has 0 saturated carbocycles. The molecule has 0 spiro atoms. The van der Waals surface area contributed by atoms with Crippen LogP contribution in [0.5, 0.6) is 5.75 Å². The maximum Gasteiger partial charge on any atom is 0.138 e. The third kappa shape index (κ3) is 2.52. The first-order chi connectivity index (χ1) is 9.79. The van der Waals surface area contributed by atoms with E-state index in [1.807, 2.05) is 36.4 Å². The summed E-state index contributed by atoms with van der Waals surface area (Å²) in [4.78, 5) is 1.17. The topological polar surface area (TPSA) is 35.2 Å². The standard InChI is InChI=1S/C16H14ClNOS/c17-13-6-2-3-7-14(13)19-10-12-11-5-1-4-8-15(11)20-16(12)9-18/h1-8H,9-10,18H2. The van der Waals surface area contributed by atoms with Crippen molar-refractivity contribution in [1.29, 1.82) is 0 Å². The fraction of sp³-hybridized carbons (Fsp3) is 0.125. The monoisotopic (exact) mass is 303 g/mol. The van der Waals surface area contributed by atoms with Crippen molar-refractivity contribution in [3.63, 3.8) is 0 Å². The highest BCUT2D eigenvalue weighted by Gasteiger charge is 2.11. The number of ether oxygens (including phenoxy) is 1. The molecule has 1 heterocycles. The van der Waals surface area contributed by atoms with E-state index in [2.05, 4.69) is 12.1 Å². The molecule has 3 rings (SSSR count).